The molecule has 0 radical (unpaired) electrons. The third kappa shape index (κ3) is 5.04. The standard InChI is InChI=1S/C56H36O4/c1-31-21-53-45(27-39(31)37-15-19-51-43(25-37)41-23-35(13-17-49(41)57-51)33-9-5-3-6-10-33)47-29-48-46-28-40(32(2)22-54(46)60-56(48)30-55(47)59-53)38-16-20-52-44(26-38)42-24-36(14-18-50(42)58-52)34-11-7-4-8-12-34/h3-27,29-30,40H,28H2,1-2H3. The fraction of sp³-hybridized carbons (Fsp3) is 0.0714. The van der Waals surface area contributed by atoms with Crippen LogP contribution in [0.5, 0.6) is 0 Å². The highest BCUT2D eigenvalue weighted by Gasteiger charge is 2.27. The molecule has 1 atom stereocenters. The number of allylic oxidation sites excluding steroid dienone is 1. The lowest BCUT2D eigenvalue weighted by atomic mass is 9.81. The lowest BCUT2D eigenvalue weighted by molar-refractivity contribution is 0.587. The minimum absolute atomic E-state index is 0.202. The predicted octanol–water partition coefficient (Wildman–Crippen LogP) is 16.2. The van der Waals surface area contributed by atoms with Crippen LogP contribution in [0.1, 0.15) is 35.3 Å². The second-order valence-electron chi connectivity index (χ2n) is 16.5. The normalized spacial score (nSPS) is 14.4. The van der Waals surface area contributed by atoms with Crippen molar-refractivity contribution in [1.29, 1.82) is 0 Å². The van der Waals surface area contributed by atoms with Crippen molar-refractivity contribution in [3.8, 4) is 33.4 Å². The van der Waals surface area contributed by atoms with Gasteiger partial charge in [0, 0.05) is 55.3 Å². The van der Waals surface area contributed by atoms with Crippen LogP contribution in [0.15, 0.2) is 181 Å². The minimum Gasteiger partial charge on any atom is -0.456 e. The third-order valence-corrected chi connectivity index (χ3v) is 13.0. The smallest absolute Gasteiger partial charge is 0.139 e. The van der Waals surface area contributed by atoms with Crippen LogP contribution in [0.25, 0.3) is 116 Å². The highest BCUT2D eigenvalue weighted by Crippen LogP contribution is 2.45. The third-order valence-electron chi connectivity index (χ3n) is 13.0. The summed E-state index contributed by atoms with van der Waals surface area (Å²) in [6, 6.07) is 56.1. The first-order valence-corrected chi connectivity index (χ1v) is 20.6. The summed E-state index contributed by atoms with van der Waals surface area (Å²) in [5.41, 5.74) is 18.2. The molecule has 13 rings (SSSR count). The van der Waals surface area contributed by atoms with Gasteiger partial charge in [-0.25, -0.2) is 0 Å². The molecule has 0 amide bonds. The molecule has 4 nitrogen and oxygen atoms in total. The van der Waals surface area contributed by atoms with E-state index in [9.17, 15) is 0 Å². The lowest BCUT2D eigenvalue weighted by Gasteiger charge is -2.22. The van der Waals surface area contributed by atoms with E-state index in [1.54, 1.807) is 0 Å². The number of fused-ring (bicyclic) bond motifs is 12. The number of aryl methyl sites for hydroxylation is 1. The van der Waals surface area contributed by atoms with Crippen molar-refractivity contribution in [2.75, 3.05) is 0 Å². The van der Waals surface area contributed by atoms with Crippen molar-refractivity contribution in [1.82, 2.24) is 0 Å². The SMILES string of the molecule is CC1=Cc2oc3cc4oc5cc(C)c(-c6ccc7oc8ccc(-c9ccccc9)cc8c7c6)cc5c4cc3c2CC1c1ccc2oc3ccc(-c4ccccc4)cc3c2c1. The summed E-state index contributed by atoms with van der Waals surface area (Å²) in [4.78, 5) is 0. The minimum atomic E-state index is 0.202. The van der Waals surface area contributed by atoms with E-state index < -0.39 is 0 Å². The van der Waals surface area contributed by atoms with Gasteiger partial charge in [-0.2, -0.15) is 0 Å². The monoisotopic (exact) mass is 772 g/mol. The average molecular weight is 773 g/mol. The first-order valence-electron chi connectivity index (χ1n) is 20.6. The number of benzene rings is 8. The Hall–Kier alpha value is -7.56. The van der Waals surface area contributed by atoms with Gasteiger partial charge in [0.05, 0.1) is 0 Å². The summed E-state index contributed by atoms with van der Waals surface area (Å²) < 4.78 is 25.8. The molecule has 12 aromatic rings. The van der Waals surface area contributed by atoms with Crippen LogP contribution in [0.3, 0.4) is 0 Å². The Balaban J connectivity index is 0.895. The average Bonchev–Trinajstić information content (AvgIpc) is 4.03. The summed E-state index contributed by atoms with van der Waals surface area (Å²) in [7, 11) is 0. The first-order chi connectivity index (χ1) is 29.5. The van der Waals surface area contributed by atoms with Gasteiger partial charge in [-0.15, -0.1) is 0 Å². The van der Waals surface area contributed by atoms with Crippen molar-refractivity contribution in [3.63, 3.8) is 0 Å². The predicted molar refractivity (Wildman–Crippen MR) is 246 cm³/mol. The molecule has 0 spiro atoms. The van der Waals surface area contributed by atoms with Crippen LogP contribution in [0.4, 0.5) is 0 Å². The summed E-state index contributed by atoms with van der Waals surface area (Å²) in [6.07, 6.45) is 3.08. The quantitative estimate of drug-likeness (QED) is 0.179. The summed E-state index contributed by atoms with van der Waals surface area (Å²) >= 11 is 0. The van der Waals surface area contributed by atoms with Crippen LogP contribution in [0.2, 0.25) is 0 Å². The molecule has 4 aromatic heterocycles. The lowest BCUT2D eigenvalue weighted by Crippen LogP contribution is -2.09. The molecule has 0 saturated heterocycles. The molecule has 8 aromatic carbocycles. The Kier molecular flexibility index (Phi) is 6.95. The van der Waals surface area contributed by atoms with Crippen molar-refractivity contribution in [3.05, 3.63) is 186 Å². The Morgan fingerprint density at radius 3 is 1.53 bits per heavy atom. The van der Waals surface area contributed by atoms with Crippen molar-refractivity contribution in [2.45, 2.75) is 26.2 Å². The van der Waals surface area contributed by atoms with E-state index in [-0.39, 0.29) is 5.92 Å². The molecule has 0 N–H and O–H groups in total. The van der Waals surface area contributed by atoms with E-state index in [4.69, 9.17) is 17.7 Å². The van der Waals surface area contributed by atoms with Gasteiger partial charge in [-0.05, 0) is 138 Å². The van der Waals surface area contributed by atoms with Crippen LogP contribution in [-0.4, -0.2) is 0 Å². The van der Waals surface area contributed by atoms with Gasteiger partial charge in [0.2, 0.25) is 0 Å². The van der Waals surface area contributed by atoms with E-state index in [1.165, 1.54) is 44.5 Å². The maximum Gasteiger partial charge on any atom is 0.139 e. The van der Waals surface area contributed by atoms with Gasteiger partial charge < -0.3 is 17.7 Å². The Labute approximate surface area is 344 Å². The van der Waals surface area contributed by atoms with Crippen molar-refractivity contribution < 1.29 is 17.7 Å². The highest BCUT2D eigenvalue weighted by molar-refractivity contribution is 6.13. The van der Waals surface area contributed by atoms with E-state index in [0.717, 1.165) is 100 Å². The molecule has 60 heavy (non-hydrogen) atoms. The highest BCUT2D eigenvalue weighted by atomic mass is 16.3. The molecule has 1 aliphatic rings. The maximum absolute atomic E-state index is 6.58. The summed E-state index contributed by atoms with van der Waals surface area (Å²) in [5.74, 6) is 1.14. The van der Waals surface area contributed by atoms with Crippen LogP contribution >= 0.6 is 0 Å². The van der Waals surface area contributed by atoms with Gasteiger partial charge in [0.15, 0.2) is 0 Å². The fourth-order valence-electron chi connectivity index (χ4n) is 9.85. The van der Waals surface area contributed by atoms with E-state index in [1.807, 2.05) is 0 Å². The van der Waals surface area contributed by atoms with Gasteiger partial charge >= 0.3 is 0 Å². The molecule has 1 unspecified atom stereocenters. The second kappa shape index (κ2) is 12.5. The zero-order valence-electron chi connectivity index (χ0n) is 33.0. The molecule has 4 heteroatoms. The molecule has 0 bridgehead atoms. The Morgan fingerprint density at radius 2 is 0.883 bits per heavy atom. The summed E-state index contributed by atoms with van der Waals surface area (Å²) in [5, 5.41) is 7.83. The van der Waals surface area contributed by atoms with Gasteiger partial charge in [0.1, 0.15) is 44.8 Å². The molecule has 0 fully saturated rings. The molecule has 0 saturated carbocycles. The number of hydrogen-bond acceptors (Lipinski definition) is 4. The first kappa shape index (κ1) is 33.4. The zero-order valence-corrected chi connectivity index (χ0v) is 33.0. The van der Waals surface area contributed by atoms with E-state index in [2.05, 4.69) is 178 Å². The molecular formula is C56H36O4. The Morgan fingerprint density at radius 1 is 0.383 bits per heavy atom. The number of hydrogen-bond donors (Lipinski definition) is 0. The maximum atomic E-state index is 6.58. The summed E-state index contributed by atoms with van der Waals surface area (Å²) in [6.45, 7) is 4.39. The van der Waals surface area contributed by atoms with Gasteiger partial charge in [-0.1, -0.05) is 90.5 Å². The van der Waals surface area contributed by atoms with E-state index >= 15 is 0 Å². The number of furan rings is 4. The largest absolute Gasteiger partial charge is 0.456 e. The second-order valence-corrected chi connectivity index (χ2v) is 16.5. The molecular weight excluding hydrogens is 737 g/mol. The van der Waals surface area contributed by atoms with Gasteiger partial charge in [0.25, 0.3) is 0 Å². The van der Waals surface area contributed by atoms with Crippen molar-refractivity contribution >= 4 is 82.9 Å². The van der Waals surface area contributed by atoms with Crippen LogP contribution in [-0.2, 0) is 6.42 Å². The molecule has 284 valence electrons. The van der Waals surface area contributed by atoms with Crippen molar-refractivity contribution in [2.24, 2.45) is 0 Å². The van der Waals surface area contributed by atoms with Gasteiger partial charge in [-0.3, -0.25) is 0 Å². The van der Waals surface area contributed by atoms with Crippen LogP contribution in [0, 0.1) is 6.92 Å². The zero-order chi connectivity index (χ0) is 39.6. The molecule has 4 heterocycles. The topological polar surface area (TPSA) is 52.6 Å². The molecule has 0 aliphatic heterocycles. The fourth-order valence-corrected chi connectivity index (χ4v) is 9.85. The molecule has 1 aliphatic carbocycles. The van der Waals surface area contributed by atoms with E-state index in [0.29, 0.717) is 0 Å². The van der Waals surface area contributed by atoms with Crippen LogP contribution < -0.4 is 0 Å². The Bertz CT molecular complexity index is 3760. The number of rotatable bonds is 4.